The van der Waals surface area contributed by atoms with Gasteiger partial charge in [-0.1, -0.05) is 6.92 Å². The third kappa shape index (κ3) is 2.06. The number of aliphatic hydroxyl groups is 1. The standard InChI is InChI=1S/C11H19N3O/c1-2-9-14-10(3-6-13-14)11(15)4-7-12-8-5-11/h3,6,12,15H,2,4-5,7-9H2,1H3. The van der Waals surface area contributed by atoms with Crippen molar-refractivity contribution in [2.24, 2.45) is 0 Å². The summed E-state index contributed by atoms with van der Waals surface area (Å²) in [6.07, 6.45) is 4.39. The quantitative estimate of drug-likeness (QED) is 0.776. The minimum atomic E-state index is -0.670. The first-order valence-electron chi connectivity index (χ1n) is 5.71. The number of hydrogen-bond acceptors (Lipinski definition) is 3. The van der Waals surface area contributed by atoms with E-state index in [1.165, 1.54) is 0 Å². The van der Waals surface area contributed by atoms with Gasteiger partial charge in [0, 0.05) is 12.7 Å². The lowest BCUT2D eigenvalue weighted by Crippen LogP contribution is -2.41. The van der Waals surface area contributed by atoms with Crippen molar-refractivity contribution in [2.75, 3.05) is 13.1 Å². The summed E-state index contributed by atoms with van der Waals surface area (Å²) in [6, 6.07) is 1.95. The van der Waals surface area contributed by atoms with Gasteiger partial charge in [-0.15, -0.1) is 0 Å². The molecule has 0 unspecified atom stereocenters. The van der Waals surface area contributed by atoms with E-state index >= 15 is 0 Å². The third-order valence-electron chi connectivity index (χ3n) is 3.06. The van der Waals surface area contributed by atoms with Crippen molar-refractivity contribution in [1.29, 1.82) is 0 Å². The molecule has 1 fully saturated rings. The van der Waals surface area contributed by atoms with Crippen molar-refractivity contribution >= 4 is 0 Å². The summed E-state index contributed by atoms with van der Waals surface area (Å²) < 4.78 is 1.94. The zero-order chi connectivity index (χ0) is 10.7. The van der Waals surface area contributed by atoms with E-state index in [4.69, 9.17) is 0 Å². The molecule has 84 valence electrons. The summed E-state index contributed by atoms with van der Waals surface area (Å²) in [4.78, 5) is 0. The van der Waals surface area contributed by atoms with Crippen LogP contribution in [0.3, 0.4) is 0 Å². The molecular formula is C11H19N3O. The van der Waals surface area contributed by atoms with Crippen LogP contribution in [0.5, 0.6) is 0 Å². The number of hydrogen-bond donors (Lipinski definition) is 2. The lowest BCUT2D eigenvalue weighted by molar-refractivity contribution is -0.00244. The van der Waals surface area contributed by atoms with Gasteiger partial charge in [0.1, 0.15) is 5.60 Å². The first-order valence-corrected chi connectivity index (χ1v) is 5.71. The second-order valence-corrected chi connectivity index (χ2v) is 4.22. The highest BCUT2D eigenvalue weighted by Gasteiger charge is 2.33. The van der Waals surface area contributed by atoms with E-state index in [9.17, 15) is 5.11 Å². The second-order valence-electron chi connectivity index (χ2n) is 4.22. The normalized spacial score (nSPS) is 20.4. The predicted octanol–water partition coefficient (Wildman–Crippen LogP) is 0.864. The van der Waals surface area contributed by atoms with E-state index in [1.807, 2.05) is 10.7 Å². The van der Waals surface area contributed by atoms with Gasteiger partial charge in [0.15, 0.2) is 0 Å². The molecule has 0 spiro atoms. The van der Waals surface area contributed by atoms with Crippen LogP contribution in [0.1, 0.15) is 31.9 Å². The maximum atomic E-state index is 10.5. The van der Waals surface area contributed by atoms with Crippen LogP contribution >= 0.6 is 0 Å². The summed E-state index contributed by atoms with van der Waals surface area (Å²) in [5.74, 6) is 0. The van der Waals surface area contributed by atoms with E-state index in [-0.39, 0.29) is 0 Å². The highest BCUT2D eigenvalue weighted by molar-refractivity contribution is 5.13. The fraction of sp³-hybridized carbons (Fsp3) is 0.727. The highest BCUT2D eigenvalue weighted by atomic mass is 16.3. The van der Waals surface area contributed by atoms with Crippen LogP contribution < -0.4 is 5.32 Å². The molecule has 1 aromatic heterocycles. The number of aromatic nitrogens is 2. The maximum absolute atomic E-state index is 10.5. The molecular weight excluding hydrogens is 190 g/mol. The molecule has 2 N–H and O–H groups in total. The fourth-order valence-corrected chi connectivity index (χ4v) is 2.21. The molecule has 1 saturated heterocycles. The number of nitrogens with one attached hydrogen (secondary N) is 1. The van der Waals surface area contributed by atoms with Crippen molar-refractivity contribution in [3.63, 3.8) is 0 Å². The Kier molecular flexibility index (Phi) is 3.07. The number of rotatable bonds is 3. The smallest absolute Gasteiger partial charge is 0.109 e. The molecule has 0 bridgehead atoms. The van der Waals surface area contributed by atoms with Gasteiger partial charge < -0.3 is 10.4 Å². The fourth-order valence-electron chi connectivity index (χ4n) is 2.21. The zero-order valence-corrected chi connectivity index (χ0v) is 9.24. The molecule has 2 heterocycles. The predicted molar refractivity (Wildman–Crippen MR) is 58.5 cm³/mol. The largest absolute Gasteiger partial charge is 0.383 e. The maximum Gasteiger partial charge on any atom is 0.109 e. The van der Waals surface area contributed by atoms with Crippen LogP contribution in [-0.2, 0) is 12.1 Å². The molecule has 2 rings (SSSR count). The average Bonchev–Trinajstić information content (AvgIpc) is 2.68. The Labute approximate surface area is 90.3 Å². The Bertz CT molecular complexity index is 315. The molecule has 0 atom stereocenters. The van der Waals surface area contributed by atoms with Gasteiger partial charge in [0.2, 0.25) is 0 Å². The van der Waals surface area contributed by atoms with Crippen LogP contribution in [0.15, 0.2) is 12.3 Å². The van der Waals surface area contributed by atoms with Crippen molar-refractivity contribution in [3.05, 3.63) is 18.0 Å². The molecule has 0 radical (unpaired) electrons. The van der Waals surface area contributed by atoms with Gasteiger partial charge in [-0.3, -0.25) is 4.68 Å². The van der Waals surface area contributed by atoms with Crippen molar-refractivity contribution in [2.45, 2.75) is 38.3 Å². The van der Waals surface area contributed by atoms with Crippen LogP contribution in [0.2, 0.25) is 0 Å². The number of piperidine rings is 1. The Morgan fingerprint density at radius 1 is 1.53 bits per heavy atom. The van der Waals surface area contributed by atoms with Gasteiger partial charge in [-0.25, -0.2) is 0 Å². The van der Waals surface area contributed by atoms with Gasteiger partial charge in [-0.2, -0.15) is 5.10 Å². The van der Waals surface area contributed by atoms with Crippen LogP contribution in [-0.4, -0.2) is 28.0 Å². The first-order chi connectivity index (χ1) is 7.26. The highest BCUT2D eigenvalue weighted by Crippen LogP contribution is 2.30. The van der Waals surface area contributed by atoms with Gasteiger partial charge in [-0.05, 0) is 38.4 Å². The topological polar surface area (TPSA) is 50.1 Å². The SMILES string of the molecule is CCCn1nccc1C1(O)CCNCC1. The molecule has 1 aliphatic heterocycles. The van der Waals surface area contributed by atoms with Crippen molar-refractivity contribution < 1.29 is 5.11 Å². The summed E-state index contributed by atoms with van der Waals surface area (Å²) in [5, 5.41) is 18.1. The molecule has 4 heteroatoms. The van der Waals surface area contributed by atoms with Crippen LogP contribution in [0, 0.1) is 0 Å². The van der Waals surface area contributed by atoms with E-state index in [1.54, 1.807) is 6.20 Å². The van der Waals surface area contributed by atoms with Gasteiger partial charge in [0.25, 0.3) is 0 Å². The molecule has 1 aromatic rings. The zero-order valence-electron chi connectivity index (χ0n) is 9.24. The Hall–Kier alpha value is -0.870. The van der Waals surface area contributed by atoms with Gasteiger partial charge in [0.05, 0.1) is 5.69 Å². The van der Waals surface area contributed by atoms with E-state index in [2.05, 4.69) is 17.3 Å². The van der Waals surface area contributed by atoms with Crippen molar-refractivity contribution in [1.82, 2.24) is 15.1 Å². The summed E-state index contributed by atoms with van der Waals surface area (Å²) in [5.41, 5.74) is 0.308. The van der Waals surface area contributed by atoms with E-state index in [0.29, 0.717) is 0 Å². The molecule has 0 aromatic carbocycles. The minimum Gasteiger partial charge on any atom is -0.383 e. The Balaban J connectivity index is 2.22. The number of aryl methyl sites for hydroxylation is 1. The van der Waals surface area contributed by atoms with Crippen LogP contribution in [0.25, 0.3) is 0 Å². The van der Waals surface area contributed by atoms with Gasteiger partial charge >= 0.3 is 0 Å². The average molecular weight is 209 g/mol. The van der Waals surface area contributed by atoms with E-state index in [0.717, 1.165) is 44.6 Å². The summed E-state index contributed by atoms with van der Waals surface area (Å²) >= 11 is 0. The Morgan fingerprint density at radius 3 is 2.93 bits per heavy atom. The monoisotopic (exact) mass is 209 g/mol. The van der Waals surface area contributed by atoms with Crippen molar-refractivity contribution in [3.8, 4) is 0 Å². The van der Waals surface area contributed by atoms with E-state index < -0.39 is 5.60 Å². The third-order valence-corrected chi connectivity index (χ3v) is 3.06. The second kappa shape index (κ2) is 4.33. The Morgan fingerprint density at radius 2 is 2.27 bits per heavy atom. The summed E-state index contributed by atoms with van der Waals surface area (Å²) in [6.45, 7) is 4.78. The minimum absolute atomic E-state index is 0.670. The summed E-state index contributed by atoms with van der Waals surface area (Å²) in [7, 11) is 0. The molecule has 0 saturated carbocycles. The molecule has 4 nitrogen and oxygen atoms in total. The molecule has 1 aliphatic rings. The number of nitrogens with zero attached hydrogens (tertiary/aromatic N) is 2. The molecule has 0 aliphatic carbocycles. The molecule has 15 heavy (non-hydrogen) atoms. The lowest BCUT2D eigenvalue weighted by Gasteiger charge is -2.33. The molecule has 0 amide bonds. The van der Waals surface area contributed by atoms with Crippen LogP contribution in [0.4, 0.5) is 0 Å². The first kappa shape index (κ1) is 10.6. The lowest BCUT2D eigenvalue weighted by atomic mass is 9.89.